The van der Waals surface area contributed by atoms with Gasteiger partial charge in [-0.2, -0.15) is 5.10 Å². The number of ether oxygens (including phenoxy) is 2. The molecule has 0 aliphatic heterocycles. The van der Waals surface area contributed by atoms with E-state index in [-0.39, 0.29) is 0 Å². The molecule has 114 valence electrons. The predicted octanol–water partition coefficient (Wildman–Crippen LogP) is 2.00. The molecule has 2 aromatic rings. The maximum atomic E-state index is 5.38. The van der Waals surface area contributed by atoms with E-state index in [1.165, 1.54) is 0 Å². The van der Waals surface area contributed by atoms with Crippen LogP contribution in [0.4, 0.5) is 0 Å². The van der Waals surface area contributed by atoms with Gasteiger partial charge < -0.3 is 14.8 Å². The minimum absolute atomic E-state index is 0.676. The predicted molar refractivity (Wildman–Crippen MR) is 80.4 cm³/mol. The topological polar surface area (TPSA) is 61.2 Å². The summed E-state index contributed by atoms with van der Waals surface area (Å²) in [7, 11) is 3.31. The van der Waals surface area contributed by atoms with E-state index in [1.54, 1.807) is 20.5 Å². The lowest BCUT2D eigenvalue weighted by Gasteiger charge is -2.11. The summed E-state index contributed by atoms with van der Waals surface area (Å²) in [4.78, 5) is 4.27. The number of nitrogens with one attached hydrogen (secondary N) is 1. The minimum atomic E-state index is 0.676. The molecule has 0 amide bonds. The molecule has 0 radical (unpaired) electrons. The summed E-state index contributed by atoms with van der Waals surface area (Å²) in [6.07, 6.45) is 2.64. The molecule has 0 aliphatic carbocycles. The van der Waals surface area contributed by atoms with Crippen molar-refractivity contribution >= 4 is 0 Å². The van der Waals surface area contributed by atoms with Crippen LogP contribution < -0.4 is 14.8 Å². The highest BCUT2D eigenvalue weighted by atomic mass is 16.5. The molecule has 1 aromatic heterocycles. The molecule has 0 fully saturated rings. The molecule has 1 heterocycles. The monoisotopic (exact) mass is 290 g/mol. The normalized spacial score (nSPS) is 10.6. The van der Waals surface area contributed by atoms with Gasteiger partial charge in [-0.25, -0.2) is 9.67 Å². The van der Waals surface area contributed by atoms with Crippen molar-refractivity contribution in [3.05, 3.63) is 35.9 Å². The zero-order chi connectivity index (χ0) is 15.1. The number of nitrogens with zero attached hydrogens (tertiary/aromatic N) is 3. The van der Waals surface area contributed by atoms with Gasteiger partial charge in [0.2, 0.25) is 0 Å². The van der Waals surface area contributed by atoms with E-state index >= 15 is 0 Å². The zero-order valence-electron chi connectivity index (χ0n) is 12.8. The Labute approximate surface area is 125 Å². The lowest BCUT2D eigenvalue weighted by molar-refractivity contribution is 0.389. The van der Waals surface area contributed by atoms with Gasteiger partial charge in [-0.15, -0.1) is 0 Å². The molecular weight excluding hydrogens is 268 g/mol. The fourth-order valence-corrected chi connectivity index (χ4v) is 2.13. The summed E-state index contributed by atoms with van der Waals surface area (Å²) < 4.78 is 12.5. The highest BCUT2D eigenvalue weighted by molar-refractivity contribution is 5.40. The molecular formula is C15H22N4O2. The second-order valence-electron chi connectivity index (χ2n) is 4.68. The highest BCUT2D eigenvalue weighted by Crippen LogP contribution is 2.24. The third-order valence-corrected chi connectivity index (χ3v) is 3.22. The Balaban J connectivity index is 1.95. The van der Waals surface area contributed by atoms with Gasteiger partial charge in [0.25, 0.3) is 0 Å². The quantitative estimate of drug-likeness (QED) is 0.805. The van der Waals surface area contributed by atoms with Crippen LogP contribution in [0.25, 0.3) is 0 Å². The van der Waals surface area contributed by atoms with E-state index in [1.807, 2.05) is 22.9 Å². The van der Waals surface area contributed by atoms with Gasteiger partial charge >= 0.3 is 0 Å². The van der Waals surface area contributed by atoms with Crippen molar-refractivity contribution in [3.63, 3.8) is 0 Å². The molecule has 6 nitrogen and oxygen atoms in total. The largest absolute Gasteiger partial charge is 0.497 e. The van der Waals surface area contributed by atoms with Crippen LogP contribution in [0.2, 0.25) is 0 Å². The van der Waals surface area contributed by atoms with E-state index in [0.29, 0.717) is 13.1 Å². The molecule has 0 unspecified atom stereocenters. The first-order chi connectivity index (χ1) is 10.3. The molecule has 0 saturated heterocycles. The van der Waals surface area contributed by atoms with Crippen molar-refractivity contribution in [2.75, 3.05) is 14.2 Å². The molecule has 0 bridgehead atoms. The first kappa shape index (κ1) is 15.3. The Morgan fingerprint density at radius 1 is 1.19 bits per heavy atom. The van der Waals surface area contributed by atoms with Crippen molar-refractivity contribution in [1.82, 2.24) is 20.1 Å². The van der Waals surface area contributed by atoms with Gasteiger partial charge in [-0.05, 0) is 12.5 Å². The van der Waals surface area contributed by atoms with Gasteiger partial charge in [0.05, 0.1) is 20.8 Å². The molecule has 2 rings (SSSR count). The lowest BCUT2D eigenvalue weighted by atomic mass is 10.2. The van der Waals surface area contributed by atoms with E-state index < -0.39 is 0 Å². The molecule has 0 aliphatic rings. The third kappa shape index (κ3) is 3.95. The number of rotatable bonds is 8. The van der Waals surface area contributed by atoms with Crippen LogP contribution in [0, 0.1) is 0 Å². The first-order valence-electron chi connectivity index (χ1n) is 7.06. The van der Waals surface area contributed by atoms with Crippen LogP contribution in [0.5, 0.6) is 11.5 Å². The molecule has 1 N–H and O–H groups in total. The average molecular weight is 290 g/mol. The van der Waals surface area contributed by atoms with Crippen LogP contribution in [0.3, 0.4) is 0 Å². The second-order valence-corrected chi connectivity index (χ2v) is 4.68. The number of aryl methyl sites for hydroxylation is 1. The standard InChI is InChI=1S/C15H22N4O2/c1-4-7-19-15(17-11-18-19)10-16-9-12-5-6-13(20-2)8-14(12)21-3/h5-6,8,11,16H,4,7,9-10H2,1-3H3. The van der Waals surface area contributed by atoms with E-state index in [9.17, 15) is 0 Å². The van der Waals surface area contributed by atoms with Crippen LogP contribution in [0.1, 0.15) is 24.7 Å². The summed E-state index contributed by atoms with van der Waals surface area (Å²) in [6.45, 7) is 4.39. The van der Waals surface area contributed by atoms with E-state index in [4.69, 9.17) is 9.47 Å². The van der Waals surface area contributed by atoms with Crippen molar-refractivity contribution < 1.29 is 9.47 Å². The Hall–Kier alpha value is -2.08. The van der Waals surface area contributed by atoms with Crippen LogP contribution in [-0.4, -0.2) is 29.0 Å². The molecule has 0 atom stereocenters. The van der Waals surface area contributed by atoms with Gasteiger partial charge in [-0.1, -0.05) is 13.0 Å². The average Bonchev–Trinajstić information content (AvgIpc) is 2.95. The van der Waals surface area contributed by atoms with Gasteiger partial charge in [0.1, 0.15) is 23.7 Å². The summed E-state index contributed by atoms with van der Waals surface area (Å²) in [5, 5.41) is 7.58. The van der Waals surface area contributed by atoms with Gasteiger partial charge in [0, 0.05) is 24.7 Å². The molecule has 1 aromatic carbocycles. The molecule has 0 saturated carbocycles. The second kappa shape index (κ2) is 7.64. The maximum absolute atomic E-state index is 5.38. The smallest absolute Gasteiger partial charge is 0.140 e. The Morgan fingerprint density at radius 2 is 2.05 bits per heavy atom. The number of hydrogen-bond acceptors (Lipinski definition) is 5. The van der Waals surface area contributed by atoms with Crippen LogP contribution in [0.15, 0.2) is 24.5 Å². The Bertz CT molecular complexity index is 569. The van der Waals surface area contributed by atoms with Crippen LogP contribution >= 0.6 is 0 Å². The fourth-order valence-electron chi connectivity index (χ4n) is 2.13. The fraction of sp³-hybridized carbons (Fsp3) is 0.467. The summed E-state index contributed by atoms with van der Waals surface area (Å²) in [6, 6.07) is 5.82. The molecule has 6 heteroatoms. The Morgan fingerprint density at radius 3 is 2.76 bits per heavy atom. The summed E-state index contributed by atoms with van der Waals surface area (Å²) >= 11 is 0. The highest BCUT2D eigenvalue weighted by Gasteiger charge is 2.06. The first-order valence-corrected chi connectivity index (χ1v) is 7.06. The van der Waals surface area contributed by atoms with Gasteiger partial charge in [-0.3, -0.25) is 0 Å². The SMILES string of the molecule is CCCn1ncnc1CNCc1ccc(OC)cc1OC. The van der Waals surface area contributed by atoms with Crippen molar-refractivity contribution in [2.24, 2.45) is 0 Å². The van der Waals surface area contributed by atoms with Crippen molar-refractivity contribution in [1.29, 1.82) is 0 Å². The summed E-state index contributed by atoms with van der Waals surface area (Å²) in [5.74, 6) is 2.56. The number of aromatic nitrogens is 3. The van der Waals surface area contributed by atoms with Gasteiger partial charge in [0.15, 0.2) is 0 Å². The van der Waals surface area contributed by atoms with Crippen molar-refractivity contribution in [3.8, 4) is 11.5 Å². The van der Waals surface area contributed by atoms with Crippen molar-refractivity contribution in [2.45, 2.75) is 33.0 Å². The zero-order valence-corrected chi connectivity index (χ0v) is 12.8. The number of benzene rings is 1. The maximum Gasteiger partial charge on any atom is 0.140 e. The molecule has 0 spiro atoms. The third-order valence-electron chi connectivity index (χ3n) is 3.22. The number of methoxy groups -OCH3 is 2. The minimum Gasteiger partial charge on any atom is -0.497 e. The molecule has 21 heavy (non-hydrogen) atoms. The summed E-state index contributed by atoms with van der Waals surface area (Å²) in [5.41, 5.74) is 1.08. The lowest BCUT2D eigenvalue weighted by Crippen LogP contribution is -2.17. The van der Waals surface area contributed by atoms with E-state index in [0.717, 1.165) is 35.9 Å². The Kier molecular flexibility index (Phi) is 5.57. The number of hydrogen-bond donors (Lipinski definition) is 1. The van der Waals surface area contributed by atoms with E-state index in [2.05, 4.69) is 22.3 Å². The van der Waals surface area contributed by atoms with Crippen LogP contribution in [-0.2, 0) is 19.6 Å².